The van der Waals surface area contributed by atoms with Crippen molar-refractivity contribution in [2.75, 3.05) is 51.7 Å². The van der Waals surface area contributed by atoms with Crippen molar-refractivity contribution in [3.8, 4) is 0 Å². The number of sulfonamides is 1. The highest BCUT2D eigenvalue weighted by atomic mass is 32.2. The van der Waals surface area contributed by atoms with Gasteiger partial charge >= 0.3 is 15.5 Å². The summed E-state index contributed by atoms with van der Waals surface area (Å²) in [4.78, 5) is 6.33. The van der Waals surface area contributed by atoms with Crippen molar-refractivity contribution in [2.45, 2.75) is 24.8 Å². The van der Waals surface area contributed by atoms with Crippen LogP contribution in [0, 0.1) is 5.92 Å². The lowest BCUT2D eigenvalue weighted by atomic mass is 9.98. The first-order chi connectivity index (χ1) is 14.1. The summed E-state index contributed by atoms with van der Waals surface area (Å²) in [6.45, 7) is 1.89. The highest BCUT2D eigenvalue weighted by Crippen LogP contribution is 2.30. The van der Waals surface area contributed by atoms with E-state index in [1.165, 1.54) is 0 Å². The van der Waals surface area contributed by atoms with Gasteiger partial charge in [-0.25, -0.2) is 8.42 Å². The summed E-state index contributed by atoms with van der Waals surface area (Å²) in [5.74, 6) is 0.718. The Morgan fingerprint density at radius 1 is 1.20 bits per heavy atom. The van der Waals surface area contributed by atoms with Gasteiger partial charge in [0.05, 0.1) is 0 Å². The van der Waals surface area contributed by atoms with Crippen LogP contribution in [-0.2, 0) is 10.0 Å². The molecule has 2 rings (SSSR count). The molecule has 30 heavy (non-hydrogen) atoms. The minimum atomic E-state index is -5.24. The molecule has 0 aromatic heterocycles. The number of piperidine rings is 1. The van der Waals surface area contributed by atoms with Gasteiger partial charge in [0.25, 0.3) is 0 Å². The van der Waals surface area contributed by atoms with Gasteiger partial charge in [0.2, 0.25) is 0 Å². The molecule has 2 N–H and O–H groups in total. The maximum absolute atomic E-state index is 12.6. The van der Waals surface area contributed by atoms with Crippen molar-refractivity contribution in [3.05, 3.63) is 30.3 Å². The van der Waals surface area contributed by atoms with E-state index in [0.29, 0.717) is 29.7 Å². The number of hydrogen-bond acceptors (Lipinski definition) is 4. The first kappa shape index (κ1) is 24.3. The van der Waals surface area contributed by atoms with Crippen molar-refractivity contribution in [1.29, 1.82) is 0 Å². The Balaban J connectivity index is 1.67. The number of nitrogens with zero attached hydrogens (tertiary/aromatic N) is 3. The predicted octanol–water partition coefficient (Wildman–Crippen LogP) is 2.24. The maximum Gasteiger partial charge on any atom is 0.511 e. The van der Waals surface area contributed by atoms with Crippen molar-refractivity contribution >= 4 is 21.7 Å². The molecule has 1 aliphatic rings. The standard InChI is InChI=1S/C19H30F3N5O2S/c1-23-18(24-11-6-12-26(2)17-7-4-3-5-8-17)25-15-16-9-13-27(14-10-16)30(28,29)19(20,21)22/h3-5,7-8,16H,6,9-15H2,1-2H3,(H2,23,24,25). The Morgan fingerprint density at radius 2 is 1.83 bits per heavy atom. The molecule has 11 heteroatoms. The number of anilines is 1. The molecule has 0 bridgehead atoms. The number of halogens is 3. The third kappa shape index (κ3) is 6.76. The molecule has 1 aliphatic heterocycles. The number of para-hydroxylation sites is 1. The molecule has 170 valence electrons. The van der Waals surface area contributed by atoms with Crippen LogP contribution in [-0.4, -0.2) is 71.0 Å². The summed E-state index contributed by atoms with van der Waals surface area (Å²) in [6.07, 6.45) is 1.65. The molecule has 0 unspecified atom stereocenters. The average Bonchev–Trinajstić information content (AvgIpc) is 2.73. The molecule has 1 heterocycles. The first-order valence-electron chi connectivity index (χ1n) is 9.92. The summed E-state index contributed by atoms with van der Waals surface area (Å²) in [5, 5.41) is 6.40. The second-order valence-electron chi connectivity index (χ2n) is 7.28. The van der Waals surface area contributed by atoms with Crippen molar-refractivity contribution in [2.24, 2.45) is 10.9 Å². The predicted molar refractivity (Wildman–Crippen MR) is 113 cm³/mol. The smallest absolute Gasteiger partial charge is 0.375 e. The van der Waals surface area contributed by atoms with Crippen LogP contribution in [0.15, 0.2) is 35.3 Å². The summed E-state index contributed by atoms with van der Waals surface area (Å²) in [7, 11) is -1.54. The van der Waals surface area contributed by atoms with Crippen molar-refractivity contribution in [1.82, 2.24) is 14.9 Å². The Kier molecular flexibility index (Phi) is 8.78. The van der Waals surface area contributed by atoms with Crippen LogP contribution in [0.5, 0.6) is 0 Å². The van der Waals surface area contributed by atoms with E-state index in [9.17, 15) is 21.6 Å². The van der Waals surface area contributed by atoms with Gasteiger partial charge in [-0.1, -0.05) is 18.2 Å². The molecule has 1 fully saturated rings. The molecule has 0 spiro atoms. The zero-order chi connectivity index (χ0) is 22.2. The van der Waals surface area contributed by atoms with E-state index in [4.69, 9.17) is 0 Å². The summed E-state index contributed by atoms with van der Waals surface area (Å²) >= 11 is 0. The van der Waals surface area contributed by atoms with Gasteiger partial charge in [0, 0.05) is 52.5 Å². The Bertz CT molecular complexity index is 779. The number of rotatable bonds is 8. The SMILES string of the molecule is CN=C(NCCCN(C)c1ccccc1)NCC1CCN(S(=O)(=O)C(F)(F)F)CC1. The fourth-order valence-electron chi connectivity index (χ4n) is 3.30. The molecular formula is C19H30F3N5O2S. The van der Waals surface area contributed by atoms with Crippen LogP contribution in [0.3, 0.4) is 0 Å². The Morgan fingerprint density at radius 3 is 2.40 bits per heavy atom. The second-order valence-corrected chi connectivity index (χ2v) is 9.21. The first-order valence-corrected chi connectivity index (χ1v) is 11.4. The fraction of sp³-hybridized carbons (Fsp3) is 0.632. The zero-order valence-electron chi connectivity index (χ0n) is 17.3. The summed E-state index contributed by atoms with van der Waals surface area (Å²) in [6, 6.07) is 10.1. The normalized spacial score (nSPS) is 17.0. The van der Waals surface area contributed by atoms with Gasteiger partial charge in [-0.2, -0.15) is 17.5 Å². The summed E-state index contributed by atoms with van der Waals surface area (Å²) < 4.78 is 61.4. The van der Waals surface area contributed by atoms with Gasteiger partial charge in [-0.15, -0.1) is 0 Å². The maximum atomic E-state index is 12.6. The van der Waals surface area contributed by atoms with Crippen LogP contribution in [0.2, 0.25) is 0 Å². The van der Waals surface area contributed by atoms with Gasteiger partial charge in [0.1, 0.15) is 0 Å². The number of benzene rings is 1. The summed E-state index contributed by atoms with van der Waals surface area (Å²) in [5.41, 5.74) is -4.09. The minimum Gasteiger partial charge on any atom is -0.375 e. The molecule has 0 radical (unpaired) electrons. The molecule has 7 nitrogen and oxygen atoms in total. The highest BCUT2D eigenvalue weighted by Gasteiger charge is 2.50. The van der Waals surface area contributed by atoms with E-state index in [0.717, 1.165) is 25.2 Å². The minimum absolute atomic E-state index is 0.0902. The van der Waals surface area contributed by atoms with Crippen molar-refractivity contribution in [3.63, 3.8) is 0 Å². The van der Waals surface area contributed by atoms with Crippen LogP contribution in [0.1, 0.15) is 19.3 Å². The molecule has 1 aromatic carbocycles. The molecule has 1 saturated heterocycles. The lowest BCUT2D eigenvalue weighted by Crippen LogP contribution is -2.47. The topological polar surface area (TPSA) is 77.0 Å². The van der Waals surface area contributed by atoms with E-state index < -0.39 is 15.5 Å². The number of hydrogen-bond donors (Lipinski definition) is 2. The molecule has 0 amide bonds. The Hall–Kier alpha value is -2.01. The number of alkyl halides is 3. The van der Waals surface area contributed by atoms with E-state index >= 15 is 0 Å². The fourth-order valence-corrected chi connectivity index (χ4v) is 4.28. The number of guanidine groups is 1. The Labute approximate surface area is 176 Å². The number of aliphatic imine (C=N–C) groups is 1. The molecular weight excluding hydrogens is 419 g/mol. The monoisotopic (exact) mass is 449 g/mol. The lowest BCUT2D eigenvalue weighted by molar-refractivity contribution is -0.0496. The van der Waals surface area contributed by atoms with Crippen molar-refractivity contribution < 1.29 is 21.6 Å². The third-order valence-electron chi connectivity index (χ3n) is 5.15. The zero-order valence-corrected chi connectivity index (χ0v) is 18.1. The number of nitrogens with one attached hydrogen (secondary N) is 2. The van der Waals surface area contributed by atoms with Gasteiger partial charge in [-0.05, 0) is 37.3 Å². The quantitative estimate of drug-likeness (QED) is 0.362. The molecule has 0 atom stereocenters. The van der Waals surface area contributed by atoms with E-state index in [1.54, 1.807) is 7.05 Å². The van der Waals surface area contributed by atoms with Gasteiger partial charge in [-0.3, -0.25) is 4.99 Å². The van der Waals surface area contributed by atoms with E-state index in [1.807, 2.05) is 25.2 Å². The lowest BCUT2D eigenvalue weighted by Gasteiger charge is -2.31. The second kappa shape index (κ2) is 10.9. The molecule has 1 aromatic rings. The van der Waals surface area contributed by atoms with Crippen LogP contribution in [0.4, 0.5) is 18.9 Å². The van der Waals surface area contributed by atoms with Crippen LogP contribution < -0.4 is 15.5 Å². The molecule has 0 aliphatic carbocycles. The van der Waals surface area contributed by atoms with Crippen LogP contribution >= 0.6 is 0 Å². The largest absolute Gasteiger partial charge is 0.511 e. The third-order valence-corrected chi connectivity index (χ3v) is 6.78. The average molecular weight is 450 g/mol. The van der Waals surface area contributed by atoms with Crippen LogP contribution in [0.25, 0.3) is 0 Å². The van der Waals surface area contributed by atoms with Gasteiger partial charge in [0.15, 0.2) is 5.96 Å². The molecule has 0 saturated carbocycles. The van der Waals surface area contributed by atoms with E-state index in [2.05, 4.69) is 32.7 Å². The highest BCUT2D eigenvalue weighted by molar-refractivity contribution is 7.90. The van der Waals surface area contributed by atoms with E-state index in [-0.39, 0.29) is 19.0 Å². The van der Waals surface area contributed by atoms with Gasteiger partial charge < -0.3 is 15.5 Å².